The molecular weight excluding hydrogens is 893 g/mol. The molecule has 0 bridgehead atoms. The summed E-state index contributed by atoms with van der Waals surface area (Å²) in [5.74, 6) is 0.785. The summed E-state index contributed by atoms with van der Waals surface area (Å²) in [6.07, 6.45) is 3.82. The van der Waals surface area contributed by atoms with Crippen LogP contribution < -0.4 is 4.74 Å². The molecule has 2 aromatic heterocycles. The summed E-state index contributed by atoms with van der Waals surface area (Å²) in [5, 5.41) is 23.2. The summed E-state index contributed by atoms with van der Waals surface area (Å²) in [6, 6.07) is 81.7. The summed E-state index contributed by atoms with van der Waals surface area (Å²) in [5.41, 5.74) is 19.2. The van der Waals surface area contributed by atoms with E-state index in [9.17, 15) is 10.2 Å². The molecule has 5 heteroatoms. The number of benzene rings is 9. The van der Waals surface area contributed by atoms with Crippen molar-refractivity contribution in [1.82, 2.24) is 9.97 Å². The van der Waals surface area contributed by atoms with Crippen LogP contribution in [-0.4, -0.2) is 27.3 Å². The van der Waals surface area contributed by atoms with Gasteiger partial charge in [0.2, 0.25) is 0 Å². The lowest BCUT2D eigenvalue weighted by Gasteiger charge is -2.41. The molecule has 0 aliphatic heterocycles. The highest BCUT2D eigenvalue weighted by atomic mass is 16.5. The summed E-state index contributed by atoms with van der Waals surface area (Å²) < 4.78 is 5.83. The van der Waals surface area contributed by atoms with Gasteiger partial charge in [-0.3, -0.25) is 9.97 Å². The standard InChI is InChI=1S/C68H48N2O3/c1-73-48-35-33-47(34-36-48)67(56-20-8-4-15-52(56)64-61(67)23-11-39-69-64)58-37-38-60(68(46-31-27-44(42-72)28-32-46)57-21-9-5-16-53(57)65-62(68)24-12-40-70-65)63-51(58)17-10-22-59(63)66(45-29-25-43(41-71)26-30-45)54-18-6-2-13-49(54)50-14-3-7-19-55(50)66/h2-40,71-72H,41-42H2,1H3. The highest BCUT2D eigenvalue weighted by Gasteiger charge is 2.53. The monoisotopic (exact) mass is 940 g/mol. The van der Waals surface area contributed by atoms with E-state index in [0.29, 0.717) is 0 Å². The van der Waals surface area contributed by atoms with Crippen LogP contribution in [0.5, 0.6) is 5.75 Å². The predicted octanol–water partition coefficient (Wildman–Crippen LogP) is 13.7. The van der Waals surface area contributed by atoms with Gasteiger partial charge >= 0.3 is 0 Å². The second kappa shape index (κ2) is 16.4. The van der Waals surface area contributed by atoms with E-state index < -0.39 is 16.2 Å². The van der Waals surface area contributed by atoms with Gasteiger partial charge in [0.25, 0.3) is 0 Å². The number of aliphatic hydroxyl groups excluding tert-OH is 2. The Labute approximate surface area is 424 Å². The fourth-order valence-electron chi connectivity index (χ4n) is 13.6. The molecule has 0 saturated carbocycles. The zero-order chi connectivity index (χ0) is 48.9. The van der Waals surface area contributed by atoms with Crippen LogP contribution in [0.1, 0.15) is 77.9 Å². The summed E-state index contributed by atoms with van der Waals surface area (Å²) in [6.45, 7) is -0.122. The summed E-state index contributed by atoms with van der Waals surface area (Å²) in [4.78, 5) is 10.4. The highest BCUT2D eigenvalue weighted by Crippen LogP contribution is 2.64. The number of pyridine rings is 2. The summed E-state index contributed by atoms with van der Waals surface area (Å²) in [7, 11) is 1.72. The molecule has 3 aliphatic carbocycles. The van der Waals surface area contributed by atoms with Crippen molar-refractivity contribution in [2.45, 2.75) is 29.5 Å². The van der Waals surface area contributed by atoms with E-state index in [1.807, 2.05) is 12.4 Å². The smallest absolute Gasteiger partial charge is 0.118 e. The number of nitrogens with zero attached hydrogens (tertiary/aromatic N) is 2. The Morgan fingerprint density at radius 1 is 0.342 bits per heavy atom. The van der Waals surface area contributed by atoms with Crippen LogP contribution in [0.4, 0.5) is 0 Å². The molecule has 0 saturated heterocycles. The number of ether oxygens (including phenoxy) is 1. The van der Waals surface area contributed by atoms with Crippen LogP contribution >= 0.6 is 0 Å². The van der Waals surface area contributed by atoms with Gasteiger partial charge in [0.15, 0.2) is 0 Å². The van der Waals surface area contributed by atoms with Gasteiger partial charge in [0.1, 0.15) is 5.75 Å². The minimum atomic E-state index is -0.888. The lowest BCUT2D eigenvalue weighted by atomic mass is 9.60. The molecule has 2 N–H and O–H groups in total. The highest BCUT2D eigenvalue weighted by molar-refractivity contribution is 6.03. The van der Waals surface area contributed by atoms with Gasteiger partial charge in [-0.25, -0.2) is 0 Å². The SMILES string of the molecule is COc1ccc(C2(c3ccc(C4(c5ccc(CO)cc5)c5ccccc5-c5ncccc54)c4c(C5(c6ccc(CO)cc6)c6ccccc6-c6ccccc65)cccc34)c3ccccc3-c3ncccc32)cc1. The number of aromatic nitrogens is 2. The van der Waals surface area contributed by atoms with E-state index in [4.69, 9.17) is 14.7 Å². The Balaban J connectivity index is 1.23. The first-order valence-electron chi connectivity index (χ1n) is 25.0. The zero-order valence-corrected chi connectivity index (χ0v) is 40.1. The molecule has 2 atom stereocenters. The molecule has 0 amide bonds. The van der Waals surface area contributed by atoms with Crippen molar-refractivity contribution in [3.8, 4) is 39.4 Å². The van der Waals surface area contributed by atoms with Crippen LogP contribution in [-0.2, 0) is 29.5 Å². The van der Waals surface area contributed by atoms with Crippen LogP contribution in [0, 0.1) is 0 Å². The maximum Gasteiger partial charge on any atom is 0.118 e. The van der Waals surface area contributed by atoms with Gasteiger partial charge in [-0.2, -0.15) is 0 Å². The number of hydrogen-bond donors (Lipinski definition) is 2. The second-order valence-electron chi connectivity index (χ2n) is 19.6. The van der Waals surface area contributed by atoms with E-state index in [0.717, 1.165) is 106 Å². The first-order valence-corrected chi connectivity index (χ1v) is 25.0. The van der Waals surface area contributed by atoms with Gasteiger partial charge < -0.3 is 14.9 Å². The molecule has 2 heterocycles. The van der Waals surface area contributed by atoms with Crippen molar-refractivity contribution in [2.75, 3.05) is 7.11 Å². The van der Waals surface area contributed by atoms with Gasteiger partial charge in [-0.05, 0) is 124 Å². The predicted molar refractivity (Wildman–Crippen MR) is 290 cm³/mol. The van der Waals surface area contributed by atoms with Crippen molar-refractivity contribution >= 4 is 10.8 Å². The molecular formula is C68H48N2O3. The first-order chi connectivity index (χ1) is 36.1. The molecule has 0 spiro atoms. The quantitative estimate of drug-likeness (QED) is 0.151. The molecule has 348 valence electrons. The third-order valence-electron chi connectivity index (χ3n) is 16.5. The van der Waals surface area contributed by atoms with Crippen molar-refractivity contribution < 1.29 is 14.9 Å². The molecule has 14 rings (SSSR count). The Morgan fingerprint density at radius 2 is 0.712 bits per heavy atom. The average molecular weight is 941 g/mol. The van der Waals surface area contributed by atoms with E-state index >= 15 is 0 Å². The molecule has 0 fully saturated rings. The minimum absolute atomic E-state index is 0.0576. The van der Waals surface area contributed by atoms with E-state index in [-0.39, 0.29) is 13.2 Å². The van der Waals surface area contributed by atoms with Crippen LogP contribution in [0.2, 0.25) is 0 Å². The molecule has 2 unspecified atom stereocenters. The fraction of sp³-hybridized carbons (Fsp3) is 0.0882. The van der Waals surface area contributed by atoms with E-state index in [1.54, 1.807) is 7.11 Å². The normalized spacial score (nSPS) is 17.3. The molecule has 3 aliphatic rings. The maximum atomic E-state index is 10.5. The maximum absolute atomic E-state index is 10.5. The van der Waals surface area contributed by atoms with Crippen molar-refractivity contribution in [3.63, 3.8) is 0 Å². The topological polar surface area (TPSA) is 75.5 Å². The van der Waals surface area contributed by atoms with Crippen LogP contribution in [0.25, 0.3) is 44.4 Å². The second-order valence-corrected chi connectivity index (χ2v) is 19.6. The zero-order valence-electron chi connectivity index (χ0n) is 40.1. The van der Waals surface area contributed by atoms with Crippen molar-refractivity contribution in [1.29, 1.82) is 0 Å². The van der Waals surface area contributed by atoms with Crippen LogP contribution in [0.3, 0.4) is 0 Å². The fourth-order valence-corrected chi connectivity index (χ4v) is 13.6. The number of aliphatic hydroxyl groups is 2. The molecule has 73 heavy (non-hydrogen) atoms. The average Bonchev–Trinajstić information content (AvgIpc) is 4.07. The lowest BCUT2D eigenvalue weighted by Crippen LogP contribution is -2.34. The first kappa shape index (κ1) is 43.1. The lowest BCUT2D eigenvalue weighted by molar-refractivity contribution is 0.281. The minimum Gasteiger partial charge on any atom is -0.497 e. The van der Waals surface area contributed by atoms with Gasteiger partial charge in [-0.1, -0.05) is 200 Å². The van der Waals surface area contributed by atoms with Gasteiger partial charge in [-0.15, -0.1) is 0 Å². The number of rotatable bonds is 9. The number of methoxy groups -OCH3 is 1. The molecule has 0 radical (unpaired) electrons. The Bertz CT molecular complexity index is 3700. The van der Waals surface area contributed by atoms with E-state index in [1.165, 1.54) is 22.3 Å². The number of fused-ring (bicyclic) bond motifs is 10. The molecule has 5 nitrogen and oxygen atoms in total. The van der Waals surface area contributed by atoms with Gasteiger partial charge in [0, 0.05) is 23.5 Å². The van der Waals surface area contributed by atoms with Gasteiger partial charge in [0.05, 0.1) is 48.0 Å². The Morgan fingerprint density at radius 3 is 1.19 bits per heavy atom. The Kier molecular flexibility index (Phi) is 9.68. The number of hydrogen-bond acceptors (Lipinski definition) is 5. The van der Waals surface area contributed by atoms with Crippen molar-refractivity contribution in [3.05, 3.63) is 315 Å². The molecule has 11 aromatic rings. The third-order valence-corrected chi connectivity index (χ3v) is 16.5. The summed E-state index contributed by atoms with van der Waals surface area (Å²) >= 11 is 0. The Hall–Kier alpha value is -8.74. The third kappa shape index (κ3) is 5.69. The van der Waals surface area contributed by atoms with E-state index in [2.05, 4.69) is 224 Å². The van der Waals surface area contributed by atoms with Crippen molar-refractivity contribution in [2.24, 2.45) is 0 Å². The molecule has 9 aromatic carbocycles. The van der Waals surface area contributed by atoms with Crippen LogP contribution in [0.15, 0.2) is 237 Å². The largest absolute Gasteiger partial charge is 0.497 e.